The number of nitrogens with one attached hydrogen (secondary N) is 2. The van der Waals surface area contributed by atoms with Crippen molar-refractivity contribution >= 4 is 16.8 Å². The molecule has 0 aliphatic rings. The summed E-state index contributed by atoms with van der Waals surface area (Å²) < 4.78 is 5.69. The maximum Gasteiger partial charge on any atom is 0.269 e. The first-order valence-corrected chi connectivity index (χ1v) is 10.4. The predicted molar refractivity (Wildman–Crippen MR) is 124 cm³/mol. The summed E-state index contributed by atoms with van der Waals surface area (Å²) in [5.74, 6) is 0.223. The SMILES string of the molecule is COc1c(-c2ccccc2)nc2ccccc2c1C(=O)NNCCCc1ccccc1. The summed E-state index contributed by atoms with van der Waals surface area (Å²) in [6.07, 6.45) is 1.86. The smallest absolute Gasteiger partial charge is 0.269 e. The molecule has 0 bridgehead atoms. The Morgan fingerprint density at radius 1 is 0.903 bits per heavy atom. The number of amides is 1. The largest absolute Gasteiger partial charge is 0.494 e. The molecule has 0 fully saturated rings. The molecule has 0 saturated heterocycles. The number of aryl methyl sites for hydroxylation is 1. The summed E-state index contributed by atoms with van der Waals surface area (Å²) in [7, 11) is 1.57. The molecule has 1 aromatic heterocycles. The van der Waals surface area contributed by atoms with Crippen molar-refractivity contribution in [1.29, 1.82) is 0 Å². The number of nitrogens with zero attached hydrogens (tertiary/aromatic N) is 1. The van der Waals surface area contributed by atoms with Crippen LogP contribution in [0.25, 0.3) is 22.2 Å². The third-order valence-electron chi connectivity index (χ3n) is 5.14. The number of carbonyl (C=O) groups is 1. The monoisotopic (exact) mass is 411 g/mol. The normalized spacial score (nSPS) is 10.7. The van der Waals surface area contributed by atoms with Crippen molar-refractivity contribution in [2.45, 2.75) is 12.8 Å². The predicted octanol–water partition coefficient (Wildman–Crippen LogP) is 4.78. The third-order valence-corrected chi connectivity index (χ3v) is 5.14. The molecule has 31 heavy (non-hydrogen) atoms. The van der Waals surface area contributed by atoms with Crippen molar-refractivity contribution in [2.75, 3.05) is 13.7 Å². The molecule has 4 aromatic rings. The van der Waals surface area contributed by atoms with E-state index in [0.29, 0.717) is 23.6 Å². The van der Waals surface area contributed by atoms with E-state index < -0.39 is 0 Å². The van der Waals surface area contributed by atoms with E-state index in [-0.39, 0.29) is 5.91 Å². The lowest BCUT2D eigenvalue weighted by Crippen LogP contribution is -2.38. The Morgan fingerprint density at radius 3 is 2.32 bits per heavy atom. The molecule has 3 aromatic carbocycles. The zero-order chi connectivity index (χ0) is 21.5. The van der Waals surface area contributed by atoms with Gasteiger partial charge in [0.15, 0.2) is 5.75 Å². The van der Waals surface area contributed by atoms with Crippen molar-refractivity contribution < 1.29 is 9.53 Å². The number of para-hydroxylation sites is 1. The first-order chi connectivity index (χ1) is 15.3. The first-order valence-electron chi connectivity index (χ1n) is 10.4. The first kappa shape index (κ1) is 20.6. The maximum atomic E-state index is 13.2. The van der Waals surface area contributed by atoms with Gasteiger partial charge in [0.2, 0.25) is 0 Å². The third kappa shape index (κ3) is 4.73. The second kappa shape index (κ2) is 9.87. The van der Waals surface area contributed by atoms with Crippen LogP contribution in [-0.2, 0) is 6.42 Å². The van der Waals surface area contributed by atoms with E-state index >= 15 is 0 Å². The van der Waals surface area contributed by atoms with Crippen molar-refractivity contribution in [2.24, 2.45) is 0 Å². The Balaban J connectivity index is 1.56. The molecule has 0 aliphatic carbocycles. The molecule has 156 valence electrons. The number of rotatable bonds is 8. The lowest BCUT2D eigenvalue weighted by atomic mass is 10.0. The number of benzene rings is 3. The van der Waals surface area contributed by atoms with Gasteiger partial charge in [-0.15, -0.1) is 0 Å². The van der Waals surface area contributed by atoms with E-state index in [1.54, 1.807) is 7.11 Å². The molecule has 1 amide bonds. The second-order valence-corrected chi connectivity index (χ2v) is 7.22. The number of hydrogen-bond donors (Lipinski definition) is 2. The van der Waals surface area contributed by atoms with Crippen molar-refractivity contribution in [3.8, 4) is 17.0 Å². The Hall–Kier alpha value is -3.70. The molecular formula is C26H25N3O2. The molecule has 4 rings (SSSR count). The highest BCUT2D eigenvalue weighted by molar-refractivity contribution is 6.10. The Labute approximate surface area is 182 Å². The Bertz CT molecular complexity index is 1160. The molecular weight excluding hydrogens is 386 g/mol. The molecule has 1 heterocycles. The van der Waals surface area contributed by atoms with Crippen LogP contribution in [0.4, 0.5) is 0 Å². The fourth-order valence-electron chi connectivity index (χ4n) is 3.64. The molecule has 5 heteroatoms. The number of hydrogen-bond acceptors (Lipinski definition) is 4. The van der Waals surface area contributed by atoms with Gasteiger partial charge in [-0.05, 0) is 24.5 Å². The lowest BCUT2D eigenvalue weighted by molar-refractivity contribution is 0.0932. The van der Waals surface area contributed by atoms with E-state index in [4.69, 9.17) is 9.72 Å². The van der Waals surface area contributed by atoms with Crippen LogP contribution < -0.4 is 15.6 Å². The minimum atomic E-state index is -0.243. The minimum Gasteiger partial charge on any atom is -0.494 e. The zero-order valence-corrected chi connectivity index (χ0v) is 17.5. The van der Waals surface area contributed by atoms with E-state index in [9.17, 15) is 4.79 Å². The highest BCUT2D eigenvalue weighted by Gasteiger charge is 2.22. The van der Waals surface area contributed by atoms with Crippen molar-refractivity contribution in [3.05, 3.63) is 96.1 Å². The van der Waals surface area contributed by atoms with E-state index in [2.05, 4.69) is 23.0 Å². The van der Waals surface area contributed by atoms with Gasteiger partial charge in [0.05, 0.1) is 18.2 Å². The van der Waals surface area contributed by atoms with Crippen molar-refractivity contribution in [3.63, 3.8) is 0 Å². The topological polar surface area (TPSA) is 63.2 Å². The van der Waals surface area contributed by atoms with Crippen LogP contribution in [0.1, 0.15) is 22.3 Å². The number of carbonyl (C=O) groups excluding carboxylic acids is 1. The standard InChI is InChI=1S/C26H25N3O2/c1-31-25-23(26(30)29-27-18-10-13-19-11-4-2-5-12-19)21-16-8-9-17-22(21)28-24(25)20-14-6-3-7-15-20/h2-9,11-12,14-17,27H,10,13,18H2,1H3,(H,29,30). The van der Waals surface area contributed by atoms with Gasteiger partial charge in [0.25, 0.3) is 5.91 Å². The van der Waals surface area contributed by atoms with Crippen LogP contribution in [0.5, 0.6) is 5.75 Å². The van der Waals surface area contributed by atoms with Gasteiger partial charge >= 0.3 is 0 Å². The molecule has 0 atom stereocenters. The number of fused-ring (bicyclic) bond motifs is 1. The summed E-state index contributed by atoms with van der Waals surface area (Å²) in [5, 5.41) is 0.752. The van der Waals surface area contributed by atoms with Crippen LogP contribution in [0.3, 0.4) is 0 Å². The number of methoxy groups -OCH3 is 1. The van der Waals surface area contributed by atoms with Gasteiger partial charge in [0.1, 0.15) is 5.69 Å². The summed E-state index contributed by atoms with van der Waals surface area (Å²) in [5.41, 5.74) is 9.94. The summed E-state index contributed by atoms with van der Waals surface area (Å²) in [6.45, 7) is 0.664. The van der Waals surface area contributed by atoms with E-state index in [1.165, 1.54) is 5.56 Å². The van der Waals surface area contributed by atoms with E-state index in [0.717, 1.165) is 29.3 Å². The molecule has 5 nitrogen and oxygen atoms in total. The van der Waals surface area contributed by atoms with Crippen LogP contribution >= 0.6 is 0 Å². The zero-order valence-electron chi connectivity index (χ0n) is 17.5. The van der Waals surface area contributed by atoms with Gasteiger partial charge in [-0.25, -0.2) is 10.4 Å². The fraction of sp³-hybridized carbons (Fsp3) is 0.154. The molecule has 0 spiro atoms. The summed E-state index contributed by atoms with van der Waals surface area (Å²) in [6, 6.07) is 27.7. The van der Waals surface area contributed by atoms with Crippen LogP contribution in [0, 0.1) is 0 Å². The average Bonchev–Trinajstić information content (AvgIpc) is 2.83. The molecule has 0 saturated carbocycles. The van der Waals surface area contributed by atoms with Gasteiger partial charge in [-0.1, -0.05) is 78.9 Å². The fourth-order valence-corrected chi connectivity index (χ4v) is 3.64. The van der Waals surface area contributed by atoms with Crippen LogP contribution in [0.2, 0.25) is 0 Å². The number of pyridine rings is 1. The second-order valence-electron chi connectivity index (χ2n) is 7.22. The van der Waals surface area contributed by atoms with Gasteiger partial charge in [0, 0.05) is 17.5 Å². The summed E-state index contributed by atoms with van der Waals surface area (Å²) in [4.78, 5) is 18.0. The molecule has 0 unspecified atom stereocenters. The van der Waals surface area contributed by atoms with E-state index in [1.807, 2.05) is 72.8 Å². The van der Waals surface area contributed by atoms with Crippen LogP contribution in [0.15, 0.2) is 84.9 Å². The highest BCUT2D eigenvalue weighted by atomic mass is 16.5. The van der Waals surface area contributed by atoms with Gasteiger partial charge in [-0.3, -0.25) is 10.2 Å². The molecule has 0 aliphatic heterocycles. The Morgan fingerprint density at radius 2 is 1.58 bits per heavy atom. The van der Waals surface area contributed by atoms with Gasteiger partial charge in [-0.2, -0.15) is 0 Å². The number of aromatic nitrogens is 1. The lowest BCUT2D eigenvalue weighted by Gasteiger charge is -2.16. The summed E-state index contributed by atoms with van der Waals surface area (Å²) >= 11 is 0. The Kier molecular flexibility index (Phi) is 6.55. The highest BCUT2D eigenvalue weighted by Crippen LogP contribution is 2.35. The number of ether oxygens (including phenoxy) is 1. The minimum absolute atomic E-state index is 0.243. The van der Waals surface area contributed by atoms with Gasteiger partial charge < -0.3 is 4.74 Å². The average molecular weight is 412 g/mol. The number of hydrazine groups is 1. The van der Waals surface area contributed by atoms with Crippen LogP contribution in [-0.4, -0.2) is 24.5 Å². The quantitative estimate of drug-likeness (QED) is 0.324. The molecule has 0 radical (unpaired) electrons. The molecule has 2 N–H and O–H groups in total. The van der Waals surface area contributed by atoms with Crippen molar-refractivity contribution in [1.82, 2.24) is 15.8 Å². The maximum absolute atomic E-state index is 13.2.